The molecular formula is C17H16O5. The van der Waals surface area contributed by atoms with Gasteiger partial charge in [-0.3, -0.25) is 4.79 Å². The van der Waals surface area contributed by atoms with Crippen LogP contribution in [0.1, 0.15) is 5.56 Å². The van der Waals surface area contributed by atoms with Gasteiger partial charge in [0.2, 0.25) is 5.43 Å². The number of ether oxygens (including phenoxy) is 3. The van der Waals surface area contributed by atoms with Gasteiger partial charge in [-0.1, -0.05) is 0 Å². The van der Waals surface area contributed by atoms with Crippen LogP contribution in [0.4, 0.5) is 0 Å². The van der Waals surface area contributed by atoms with E-state index in [0.29, 0.717) is 39.2 Å². The van der Waals surface area contributed by atoms with E-state index in [-0.39, 0.29) is 5.43 Å². The van der Waals surface area contributed by atoms with Crippen LogP contribution in [0.25, 0.3) is 21.9 Å². The van der Waals surface area contributed by atoms with Gasteiger partial charge in [-0.15, -0.1) is 0 Å². The third-order valence-corrected chi connectivity index (χ3v) is 3.78. The maximum Gasteiger partial charge on any atom is 0.204 e. The van der Waals surface area contributed by atoms with Gasteiger partial charge in [0.25, 0.3) is 0 Å². The monoisotopic (exact) mass is 300 g/mol. The van der Waals surface area contributed by atoms with Gasteiger partial charge in [-0.05, 0) is 31.2 Å². The molecule has 3 aromatic rings. The van der Waals surface area contributed by atoms with Crippen LogP contribution in [-0.2, 0) is 0 Å². The lowest BCUT2D eigenvalue weighted by Gasteiger charge is -2.12. The van der Waals surface area contributed by atoms with Gasteiger partial charge in [0, 0.05) is 5.56 Å². The quantitative estimate of drug-likeness (QED) is 0.695. The summed E-state index contributed by atoms with van der Waals surface area (Å²) in [6.07, 6.45) is 0. The molecule has 114 valence electrons. The van der Waals surface area contributed by atoms with Gasteiger partial charge in [0.05, 0.1) is 26.7 Å². The van der Waals surface area contributed by atoms with Crippen molar-refractivity contribution in [3.05, 3.63) is 40.1 Å². The predicted molar refractivity (Wildman–Crippen MR) is 84.4 cm³/mol. The molecule has 0 aliphatic heterocycles. The van der Waals surface area contributed by atoms with Crippen LogP contribution in [0.2, 0.25) is 0 Å². The molecule has 0 atom stereocenters. The molecular weight excluding hydrogens is 284 g/mol. The van der Waals surface area contributed by atoms with Crippen molar-refractivity contribution in [2.45, 2.75) is 6.92 Å². The summed E-state index contributed by atoms with van der Waals surface area (Å²) in [5, 5.41) is 0.858. The lowest BCUT2D eigenvalue weighted by molar-refractivity contribution is 0.402. The first-order chi connectivity index (χ1) is 10.6. The molecule has 22 heavy (non-hydrogen) atoms. The van der Waals surface area contributed by atoms with E-state index in [4.69, 9.17) is 18.6 Å². The van der Waals surface area contributed by atoms with E-state index in [1.165, 1.54) is 14.2 Å². The maximum atomic E-state index is 12.9. The second-order valence-electron chi connectivity index (χ2n) is 4.87. The van der Waals surface area contributed by atoms with Crippen LogP contribution in [0.3, 0.4) is 0 Å². The van der Waals surface area contributed by atoms with E-state index in [1.807, 2.05) is 6.92 Å². The van der Waals surface area contributed by atoms with Gasteiger partial charge in [-0.25, -0.2) is 0 Å². The topological polar surface area (TPSA) is 57.9 Å². The van der Waals surface area contributed by atoms with E-state index in [9.17, 15) is 4.79 Å². The highest BCUT2D eigenvalue weighted by atomic mass is 16.5. The first kappa shape index (κ1) is 14.3. The Hall–Kier alpha value is -2.69. The van der Waals surface area contributed by atoms with Crippen molar-refractivity contribution in [2.75, 3.05) is 21.3 Å². The molecule has 0 spiro atoms. The van der Waals surface area contributed by atoms with Gasteiger partial charge in [0.15, 0.2) is 11.3 Å². The fraction of sp³-hybridized carbons (Fsp3) is 0.235. The molecule has 0 saturated heterocycles. The highest BCUT2D eigenvalue weighted by Crippen LogP contribution is 2.35. The zero-order valence-electron chi connectivity index (χ0n) is 12.9. The fourth-order valence-corrected chi connectivity index (χ4v) is 2.63. The number of hydrogen-bond acceptors (Lipinski definition) is 5. The molecule has 5 heteroatoms. The van der Waals surface area contributed by atoms with Gasteiger partial charge in [0.1, 0.15) is 22.5 Å². The average molecular weight is 300 g/mol. The van der Waals surface area contributed by atoms with Crippen molar-refractivity contribution >= 4 is 21.9 Å². The zero-order valence-corrected chi connectivity index (χ0v) is 12.9. The summed E-state index contributed by atoms with van der Waals surface area (Å²) in [4.78, 5) is 12.9. The standard InChI is InChI=1S/C17H16O5/c1-9-11(19-2)6-5-10-15(18)14-12(20-3)7-8-13(21-4)17(14)22-16(9)10/h5-8H,1-4H3. The molecule has 0 aliphatic rings. The lowest BCUT2D eigenvalue weighted by atomic mass is 10.1. The number of methoxy groups -OCH3 is 3. The number of fused-ring (bicyclic) bond motifs is 2. The summed E-state index contributed by atoms with van der Waals surface area (Å²) in [5.41, 5.74) is 1.47. The lowest BCUT2D eigenvalue weighted by Crippen LogP contribution is -2.06. The molecule has 3 rings (SSSR count). The summed E-state index contributed by atoms with van der Waals surface area (Å²) in [6.45, 7) is 1.85. The molecule has 0 saturated carbocycles. The van der Waals surface area contributed by atoms with Gasteiger partial charge < -0.3 is 18.6 Å². The largest absolute Gasteiger partial charge is 0.496 e. The van der Waals surface area contributed by atoms with Crippen LogP contribution >= 0.6 is 0 Å². The Kier molecular flexibility index (Phi) is 3.41. The molecule has 5 nitrogen and oxygen atoms in total. The van der Waals surface area contributed by atoms with Crippen molar-refractivity contribution in [3.8, 4) is 17.2 Å². The highest BCUT2D eigenvalue weighted by molar-refractivity contribution is 5.97. The maximum absolute atomic E-state index is 12.9. The Morgan fingerprint density at radius 2 is 1.41 bits per heavy atom. The molecule has 0 unspecified atom stereocenters. The molecule has 0 fully saturated rings. The minimum Gasteiger partial charge on any atom is -0.496 e. The number of hydrogen-bond donors (Lipinski definition) is 0. The summed E-state index contributed by atoms with van der Waals surface area (Å²) in [7, 11) is 4.63. The fourth-order valence-electron chi connectivity index (χ4n) is 2.63. The Morgan fingerprint density at radius 3 is 2.05 bits per heavy atom. The van der Waals surface area contributed by atoms with E-state index < -0.39 is 0 Å². The summed E-state index contributed by atoms with van der Waals surface area (Å²) < 4.78 is 21.9. The van der Waals surface area contributed by atoms with E-state index in [2.05, 4.69) is 0 Å². The Morgan fingerprint density at radius 1 is 0.818 bits per heavy atom. The van der Waals surface area contributed by atoms with E-state index in [1.54, 1.807) is 31.4 Å². The van der Waals surface area contributed by atoms with Crippen molar-refractivity contribution in [2.24, 2.45) is 0 Å². The molecule has 2 aromatic carbocycles. The summed E-state index contributed by atoms with van der Waals surface area (Å²) >= 11 is 0. The second kappa shape index (κ2) is 5.26. The van der Waals surface area contributed by atoms with Crippen LogP contribution in [-0.4, -0.2) is 21.3 Å². The Bertz CT molecular complexity index is 924. The third-order valence-electron chi connectivity index (χ3n) is 3.78. The van der Waals surface area contributed by atoms with E-state index >= 15 is 0 Å². The third kappa shape index (κ3) is 1.89. The van der Waals surface area contributed by atoms with Crippen molar-refractivity contribution in [1.29, 1.82) is 0 Å². The SMILES string of the molecule is COc1ccc2c(=O)c3c(OC)ccc(OC)c3oc2c1C. The molecule has 0 aliphatic carbocycles. The smallest absolute Gasteiger partial charge is 0.204 e. The summed E-state index contributed by atoms with van der Waals surface area (Å²) in [5.74, 6) is 1.61. The van der Waals surface area contributed by atoms with Crippen LogP contribution in [0.15, 0.2) is 33.5 Å². The molecule has 0 radical (unpaired) electrons. The van der Waals surface area contributed by atoms with Gasteiger partial charge in [-0.2, -0.15) is 0 Å². The van der Waals surface area contributed by atoms with Crippen molar-refractivity contribution in [1.82, 2.24) is 0 Å². The molecule has 0 N–H and O–H groups in total. The molecule has 0 amide bonds. The highest BCUT2D eigenvalue weighted by Gasteiger charge is 2.18. The average Bonchev–Trinajstić information content (AvgIpc) is 2.55. The van der Waals surface area contributed by atoms with Gasteiger partial charge >= 0.3 is 0 Å². The Labute approximate surface area is 127 Å². The molecule has 1 aromatic heterocycles. The van der Waals surface area contributed by atoms with Crippen LogP contribution in [0, 0.1) is 6.92 Å². The summed E-state index contributed by atoms with van der Waals surface area (Å²) in [6, 6.07) is 6.87. The first-order valence-electron chi connectivity index (χ1n) is 6.77. The minimum atomic E-state index is -0.155. The number of aryl methyl sites for hydroxylation is 1. The molecule has 1 heterocycles. The predicted octanol–water partition coefficient (Wildman–Crippen LogP) is 3.28. The van der Waals surface area contributed by atoms with Crippen molar-refractivity contribution in [3.63, 3.8) is 0 Å². The van der Waals surface area contributed by atoms with Crippen molar-refractivity contribution < 1.29 is 18.6 Å². The zero-order chi connectivity index (χ0) is 15.9. The first-order valence-corrected chi connectivity index (χ1v) is 6.77. The van der Waals surface area contributed by atoms with E-state index in [0.717, 1.165) is 5.56 Å². The second-order valence-corrected chi connectivity index (χ2v) is 4.87. The minimum absolute atomic E-state index is 0.155. The normalized spacial score (nSPS) is 10.9. The number of rotatable bonds is 3. The molecule has 0 bridgehead atoms. The number of benzene rings is 2. The Balaban J connectivity index is 2.57. The van der Waals surface area contributed by atoms with Crippen LogP contribution in [0.5, 0.6) is 17.2 Å². The van der Waals surface area contributed by atoms with Crippen LogP contribution < -0.4 is 19.6 Å².